The minimum absolute atomic E-state index is 0.248. The zero-order valence-corrected chi connectivity index (χ0v) is 11.7. The highest BCUT2D eigenvalue weighted by atomic mass is 16.5. The largest absolute Gasteiger partial charge is 0.494 e. The highest BCUT2D eigenvalue weighted by Crippen LogP contribution is 2.08. The Balaban J connectivity index is 2.21. The topological polar surface area (TPSA) is 75.6 Å². The number of aliphatic carboxylic acids is 1. The lowest BCUT2D eigenvalue weighted by Crippen LogP contribution is -2.40. The summed E-state index contributed by atoms with van der Waals surface area (Å²) in [5.41, 5.74) is 0. The summed E-state index contributed by atoms with van der Waals surface area (Å²) in [6, 6.07) is 8.57. The number of amides is 1. The number of para-hydroxylation sites is 1. The van der Waals surface area contributed by atoms with E-state index in [1.807, 2.05) is 37.3 Å². The third-order valence-corrected chi connectivity index (χ3v) is 2.77. The first-order chi connectivity index (χ1) is 9.63. The fraction of sp³-hybridized carbons (Fsp3) is 0.467. The minimum Gasteiger partial charge on any atom is -0.494 e. The lowest BCUT2D eigenvalue weighted by Gasteiger charge is -2.13. The van der Waals surface area contributed by atoms with Crippen molar-refractivity contribution in [2.75, 3.05) is 6.61 Å². The fourth-order valence-corrected chi connectivity index (χ4v) is 1.75. The van der Waals surface area contributed by atoms with E-state index in [1.54, 1.807) is 0 Å². The van der Waals surface area contributed by atoms with Gasteiger partial charge >= 0.3 is 5.97 Å². The molecule has 0 heterocycles. The van der Waals surface area contributed by atoms with Gasteiger partial charge in [-0.3, -0.25) is 4.79 Å². The molecule has 1 amide bonds. The Morgan fingerprint density at radius 1 is 1.30 bits per heavy atom. The quantitative estimate of drug-likeness (QED) is 0.680. The highest BCUT2D eigenvalue weighted by molar-refractivity contribution is 5.83. The van der Waals surface area contributed by atoms with Gasteiger partial charge in [-0.1, -0.05) is 31.5 Å². The van der Waals surface area contributed by atoms with Gasteiger partial charge in [-0.2, -0.15) is 0 Å². The molecule has 20 heavy (non-hydrogen) atoms. The van der Waals surface area contributed by atoms with Crippen molar-refractivity contribution in [2.45, 2.75) is 38.6 Å². The molecular weight excluding hydrogens is 258 g/mol. The number of rotatable bonds is 9. The Morgan fingerprint density at radius 2 is 2.00 bits per heavy atom. The summed E-state index contributed by atoms with van der Waals surface area (Å²) in [6.07, 6.45) is 1.98. The van der Waals surface area contributed by atoms with E-state index in [-0.39, 0.29) is 12.3 Å². The number of benzene rings is 1. The van der Waals surface area contributed by atoms with Crippen LogP contribution in [0.2, 0.25) is 0 Å². The summed E-state index contributed by atoms with van der Waals surface area (Å²) in [5.74, 6) is -0.467. The van der Waals surface area contributed by atoms with Gasteiger partial charge in [0, 0.05) is 6.42 Å². The normalized spacial score (nSPS) is 11.7. The zero-order chi connectivity index (χ0) is 14.8. The van der Waals surface area contributed by atoms with Gasteiger partial charge in [0.1, 0.15) is 11.8 Å². The standard InChI is InChI=1S/C15H21NO4/c1-2-7-13(15(18)19)16-14(17)10-6-11-20-12-8-4-3-5-9-12/h3-5,8-9,13H,2,6-7,10-11H2,1H3,(H,16,17)(H,18,19)/t13-/m1/s1. The summed E-state index contributed by atoms with van der Waals surface area (Å²) < 4.78 is 5.46. The van der Waals surface area contributed by atoms with E-state index >= 15 is 0 Å². The van der Waals surface area contributed by atoms with E-state index in [4.69, 9.17) is 9.84 Å². The second-order valence-electron chi connectivity index (χ2n) is 4.51. The molecule has 0 aliphatic heterocycles. The number of carbonyl (C=O) groups excluding carboxylic acids is 1. The number of hydrogen-bond acceptors (Lipinski definition) is 3. The van der Waals surface area contributed by atoms with Gasteiger partial charge in [-0.05, 0) is 25.0 Å². The van der Waals surface area contributed by atoms with Gasteiger partial charge in [-0.25, -0.2) is 4.79 Å². The van der Waals surface area contributed by atoms with E-state index in [2.05, 4.69) is 5.32 Å². The van der Waals surface area contributed by atoms with Crippen molar-refractivity contribution in [3.8, 4) is 5.75 Å². The zero-order valence-electron chi connectivity index (χ0n) is 11.7. The first-order valence-corrected chi connectivity index (χ1v) is 6.83. The molecule has 0 aromatic heterocycles. The molecule has 1 atom stereocenters. The first kappa shape index (κ1) is 16.0. The summed E-state index contributed by atoms with van der Waals surface area (Å²) >= 11 is 0. The number of nitrogens with one attached hydrogen (secondary N) is 1. The van der Waals surface area contributed by atoms with Crippen LogP contribution in [0.15, 0.2) is 30.3 Å². The van der Waals surface area contributed by atoms with E-state index < -0.39 is 12.0 Å². The second-order valence-corrected chi connectivity index (χ2v) is 4.51. The Labute approximate surface area is 118 Å². The molecule has 5 nitrogen and oxygen atoms in total. The molecule has 1 rings (SSSR count). The Kier molecular flexibility index (Phi) is 7.17. The van der Waals surface area contributed by atoms with E-state index in [1.165, 1.54) is 0 Å². The smallest absolute Gasteiger partial charge is 0.326 e. The first-order valence-electron chi connectivity index (χ1n) is 6.83. The van der Waals surface area contributed by atoms with Gasteiger partial charge in [0.25, 0.3) is 0 Å². The molecule has 0 unspecified atom stereocenters. The predicted molar refractivity (Wildman–Crippen MR) is 75.6 cm³/mol. The number of carbonyl (C=O) groups is 2. The van der Waals surface area contributed by atoms with Crippen molar-refractivity contribution in [1.29, 1.82) is 0 Å². The van der Waals surface area contributed by atoms with Crippen molar-refractivity contribution in [2.24, 2.45) is 0 Å². The third-order valence-electron chi connectivity index (χ3n) is 2.77. The maximum atomic E-state index is 11.6. The lowest BCUT2D eigenvalue weighted by atomic mass is 10.1. The van der Waals surface area contributed by atoms with E-state index in [9.17, 15) is 9.59 Å². The van der Waals surface area contributed by atoms with Crippen LogP contribution >= 0.6 is 0 Å². The maximum Gasteiger partial charge on any atom is 0.326 e. The van der Waals surface area contributed by atoms with Crippen LogP contribution in [0.25, 0.3) is 0 Å². The number of carboxylic acids is 1. The molecule has 2 N–H and O–H groups in total. The van der Waals surface area contributed by atoms with Gasteiger partial charge in [0.05, 0.1) is 6.61 Å². The molecule has 110 valence electrons. The van der Waals surface area contributed by atoms with Crippen LogP contribution in [-0.2, 0) is 9.59 Å². The van der Waals surface area contributed by atoms with Crippen LogP contribution in [0.3, 0.4) is 0 Å². The minimum atomic E-state index is -0.985. The Bertz CT molecular complexity index is 419. The van der Waals surface area contributed by atoms with Crippen molar-refractivity contribution in [3.05, 3.63) is 30.3 Å². The van der Waals surface area contributed by atoms with Gasteiger partial charge < -0.3 is 15.2 Å². The maximum absolute atomic E-state index is 11.6. The molecule has 0 spiro atoms. The summed E-state index contributed by atoms with van der Waals surface area (Å²) in [4.78, 5) is 22.5. The lowest BCUT2D eigenvalue weighted by molar-refractivity contribution is -0.142. The summed E-state index contributed by atoms with van der Waals surface area (Å²) in [6.45, 7) is 2.32. The third kappa shape index (κ3) is 6.22. The van der Waals surface area contributed by atoms with E-state index in [0.717, 1.165) is 5.75 Å². The molecule has 0 aliphatic carbocycles. The highest BCUT2D eigenvalue weighted by Gasteiger charge is 2.18. The van der Waals surface area contributed by atoms with Crippen LogP contribution in [0.4, 0.5) is 0 Å². The molecule has 0 bridgehead atoms. The van der Waals surface area contributed by atoms with Gasteiger partial charge in [-0.15, -0.1) is 0 Å². The van der Waals surface area contributed by atoms with Crippen LogP contribution in [0.1, 0.15) is 32.6 Å². The number of carboxylic acid groups (broad SMARTS) is 1. The molecule has 0 aliphatic rings. The molecule has 5 heteroatoms. The SMILES string of the molecule is CCC[C@@H](NC(=O)CCCOc1ccccc1)C(=O)O. The van der Waals surface area contributed by atoms with Crippen molar-refractivity contribution in [3.63, 3.8) is 0 Å². The average molecular weight is 279 g/mol. The molecular formula is C15H21NO4. The Morgan fingerprint density at radius 3 is 2.60 bits per heavy atom. The van der Waals surface area contributed by atoms with Crippen LogP contribution in [0.5, 0.6) is 5.75 Å². The monoisotopic (exact) mass is 279 g/mol. The summed E-state index contributed by atoms with van der Waals surface area (Å²) in [5, 5.41) is 11.5. The molecule has 1 aromatic rings. The van der Waals surface area contributed by atoms with E-state index in [0.29, 0.717) is 25.9 Å². The van der Waals surface area contributed by atoms with Crippen LogP contribution < -0.4 is 10.1 Å². The molecule has 1 aromatic carbocycles. The molecule has 0 fully saturated rings. The van der Waals surface area contributed by atoms with Crippen molar-refractivity contribution < 1.29 is 19.4 Å². The van der Waals surface area contributed by atoms with Crippen molar-refractivity contribution in [1.82, 2.24) is 5.32 Å². The number of hydrogen-bond donors (Lipinski definition) is 2. The number of ether oxygens (including phenoxy) is 1. The van der Waals surface area contributed by atoms with Crippen molar-refractivity contribution >= 4 is 11.9 Å². The summed E-state index contributed by atoms with van der Waals surface area (Å²) in [7, 11) is 0. The second kappa shape index (κ2) is 8.96. The Hall–Kier alpha value is -2.04. The fourth-order valence-electron chi connectivity index (χ4n) is 1.75. The predicted octanol–water partition coefficient (Wildman–Crippen LogP) is 2.22. The average Bonchev–Trinajstić information content (AvgIpc) is 2.44. The molecule has 0 saturated carbocycles. The van der Waals surface area contributed by atoms with Gasteiger partial charge in [0.2, 0.25) is 5.91 Å². The van der Waals surface area contributed by atoms with Gasteiger partial charge in [0.15, 0.2) is 0 Å². The van der Waals surface area contributed by atoms with Crippen LogP contribution in [-0.4, -0.2) is 29.6 Å². The molecule has 0 saturated heterocycles. The molecule has 0 radical (unpaired) electrons. The van der Waals surface area contributed by atoms with Crippen LogP contribution in [0, 0.1) is 0 Å².